The van der Waals surface area contributed by atoms with Crippen LogP contribution in [0.15, 0.2) is 24.5 Å². The van der Waals surface area contributed by atoms with Gasteiger partial charge in [0.1, 0.15) is 12.1 Å². The number of nitro benzene ring substituents is 1. The van der Waals surface area contributed by atoms with E-state index in [1.54, 1.807) is 6.92 Å². The third-order valence-electron chi connectivity index (χ3n) is 2.83. The predicted molar refractivity (Wildman–Crippen MR) is 71.5 cm³/mol. The van der Waals surface area contributed by atoms with Crippen molar-refractivity contribution in [2.75, 3.05) is 11.9 Å². The van der Waals surface area contributed by atoms with Crippen LogP contribution in [-0.2, 0) is 4.79 Å². The highest BCUT2D eigenvalue weighted by molar-refractivity contribution is 5.90. The largest absolute Gasteiger partial charge is 0.481 e. The van der Waals surface area contributed by atoms with E-state index in [2.05, 4.69) is 15.3 Å². The van der Waals surface area contributed by atoms with Crippen LogP contribution in [0.25, 0.3) is 10.9 Å². The first-order valence-corrected chi connectivity index (χ1v) is 5.85. The Kier molecular flexibility index (Phi) is 3.74. The quantitative estimate of drug-likeness (QED) is 0.629. The molecule has 1 heterocycles. The summed E-state index contributed by atoms with van der Waals surface area (Å²) in [6, 6.07) is 4.25. The number of aliphatic carboxylic acids is 1. The van der Waals surface area contributed by atoms with Crippen molar-refractivity contribution in [3.8, 4) is 0 Å². The van der Waals surface area contributed by atoms with E-state index in [1.165, 1.54) is 24.5 Å². The van der Waals surface area contributed by atoms with Gasteiger partial charge in [0.2, 0.25) is 0 Å². The van der Waals surface area contributed by atoms with Gasteiger partial charge in [-0.2, -0.15) is 0 Å². The standard InChI is InChI=1S/C12H12N4O4/c1-7(12(17)18)5-13-11-9-4-8(16(19)20)2-3-10(9)14-6-15-11/h2-4,6-7H,5H2,1H3,(H,17,18)(H,13,14,15). The van der Waals surface area contributed by atoms with Crippen LogP contribution in [0.3, 0.4) is 0 Å². The molecule has 0 radical (unpaired) electrons. The summed E-state index contributed by atoms with van der Waals surface area (Å²) in [7, 11) is 0. The summed E-state index contributed by atoms with van der Waals surface area (Å²) in [6.45, 7) is 1.73. The number of carboxylic acid groups (broad SMARTS) is 1. The number of non-ortho nitro benzene ring substituents is 1. The maximum absolute atomic E-state index is 10.8. The van der Waals surface area contributed by atoms with Crippen molar-refractivity contribution in [2.24, 2.45) is 5.92 Å². The Morgan fingerprint density at radius 2 is 2.25 bits per heavy atom. The van der Waals surface area contributed by atoms with Gasteiger partial charge in [-0.25, -0.2) is 9.97 Å². The average Bonchev–Trinajstić information content (AvgIpc) is 2.43. The maximum Gasteiger partial charge on any atom is 0.308 e. The smallest absolute Gasteiger partial charge is 0.308 e. The molecule has 104 valence electrons. The van der Waals surface area contributed by atoms with Gasteiger partial charge in [-0.15, -0.1) is 0 Å². The Hall–Kier alpha value is -2.77. The van der Waals surface area contributed by atoms with E-state index >= 15 is 0 Å². The molecule has 0 aliphatic carbocycles. The van der Waals surface area contributed by atoms with Crippen LogP contribution < -0.4 is 5.32 Å². The molecule has 1 aromatic carbocycles. The molecule has 2 rings (SSSR count). The molecule has 0 aliphatic rings. The van der Waals surface area contributed by atoms with Gasteiger partial charge in [0.15, 0.2) is 0 Å². The Bertz CT molecular complexity index is 674. The minimum Gasteiger partial charge on any atom is -0.481 e. The number of fused-ring (bicyclic) bond motifs is 1. The number of nitrogens with one attached hydrogen (secondary N) is 1. The van der Waals surface area contributed by atoms with Crippen molar-refractivity contribution in [1.82, 2.24) is 9.97 Å². The number of benzene rings is 1. The SMILES string of the molecule is CC(CNc1ncnc2ccc([N+](=O)[O-])cc12)C(=O)O. The normalized spacial score (nSPS) is 12.1. The molecule has 8 nitrogen and oxygen atoms in total. The highest BCUT2D eigenvalue weighted by Crippen LogP contribution is 2.24. The zero-order valence-corrected chi connectivity index (χ0v) is 10.6. The molecule has 20 heavy (non-hydrogen) atoms. The van der Waals surface area contributed by atoms with Crippen molar-refractivity contribution < 1.29 is 14.8 Å². The molecule has 1 atom stereocenters. The van der Waals surface area contributed by atoms with E-state index in [0.29, 0.717) is 16.7 Å². The molecule has 0 spiro atoms. The van der Waals surface area contributed by atoms with Gasteiger partial charge in [0.05, 0.1) is 16.4 Å². The van der Waals surface area contributed by atoms with Crippen molar-refractivity contribution in [3.63, 3.8) is 0 Å². The van der Waals surface area contributed by atoms with Crippen molar-refractivity contribution in [2.45, 2.75) is 6.92 Å². The number of hydrogen-bond acceptors (Lipinski definition) is 6. The third kappa shape index (κ3) is 2.79. The number of aromatic nitrogens is 2. The number of nitrogens with zero attached hydrogens (tertiary/aromatic N) is 3. The summed E-state index contributed by atoms with van der Waals surface area (Å²) >= 11 is 0. The molecule has 1 aromatic heterocycles. The first kappa shape index (κ1) is 13.7. The van der Waals surface area contributed by atoms with E-state index in [0.717, 1.165) is 0 Å². The Morgan fingerprint density at radius 3 is 2.90 bits per heavy atom. The summed E-state index contributed by atoms with van der Waals surface area (Å²) in [5, 5.41) is 23.0. The van der Waals surface area contributed by atoms with Gasteiger partial charge in [-0.05, 0) is 6.07 Å². The second-order valence-electron chi connectivity index (χ2n) is 4.30. The molecule has 1 unspecified atom stereocenters. The first-order chi connectivity index (χ1) is 9.49. The van der Waals surface area contributed by atoms with Crippen LogP contribution in [-0.4, -0.2) is 32.5 Å². The predicted octanol–water partition coefficient (Wildman–Crippen LogP) is 1.67. The number of hydrogen-bond donors (Lipinski definition) is 2. The lowest BCUT2D eigenvalue weighted by atomic mass is 10.1. The molecule has 2 N–H and O–H groups in total. The molecule has 0 fully saturated rings. The third-order valence-corrected chi connectivity index (χ3v) is 2.83. The molecule has 0 saturated carbocycles. The fourth-order valence-corrected chi connectivity index (χ4v) is 1.64. The number of anilines is 1. The second-order valence-corrected chi connectivity index (χ2v) is 4.30. The van der Waals surface area contributed by atoms with Gasteiger partial charge < -0.3 is 10.4 Å². The van der Waals surface area contributed by atoms with Crippen LogP contribution in [0.1, 0.15) is 6.92 Å². The molecule has 0 amide bonds. The van der Waals surface area contributed by atoms with Crippen LogP contribution in [0.5, 0.6) is 0 Å². The lowest BCUT2D eigenvalue weighted by molar-refractivity contribution is -0.384. The lowest BCUT2D eigenvalue weighted by Gasteiger charge is -2.10. The van der Waals surface area contributed by atoms with E-state index in [9.17, 15) is 14.9 Å². The van der Waals surface area contributed by atoms with Crippen LogP contribution in [0, 0.1) is 16.0 Å². The highest BCUT2D eigenvalue weighted by Gasteiger charge is 2.13. The Morgan fingerprint density at radius 1 is 1.50 bits per heavy atom. The lowest BCUT2D eigenvalue weighted by Crippen LogP contribution is -2.20. The zero-order chi connectivity index (χ0) is 14.7. The van der Waals surface area contributed by atoms with Crippen molar-refractivity contribution in [3.05, 3.63) is 34.6 Å². The minimum absolute atomic E-state index is 0.0679. The average molecular weight is 276 g/mol. The molecule has 2 aromatic rings. The Balaban J connectivity index is 2.34. The summed E-state index contributed by atoms with van der Waals surface area (Å²) in [5.74, 6) is -1.15. The van der Waals surface area contributed by atoms with E-state index in [4.69, 9.17) is 5.11 Å². The summed E-state index contributed by atoms with van der Waals surface area (Å²) < 4.78 is 0. The second kappa shape index (κ2) is 5.47. The van der Waals surface area contributed by atoms with Gasteiger partial charge in [-0.1, -0.05) is 6.92 Å². The number of carbonyl (C=O) groups is 1. The maximum atomic E-state index is 10.8. The minimum atomic E-state index is -0.929. The van der Waals surface area contributed by atoms with Gasteiger partial charge >= 0.3 is 5.97 Å². The fourth-order valence-electron chi connectivity index (χ4n) is 1.64. The monoisotopic (exact) mass is 276 g/mol. The van der Waals surface area contributed by atoms with Crippen molar-refractivity contribution >= 4 is 28.4 Å². The molecule has 0 saturated heterocycles. The van der Waals surface area contributed by atoms with E-state index < -0.39 is 16.8 Å². The van der Waals surface area contributed by atoms with Gasteiger partial charge in [0, 0.05) is 24.1 Å². The molecule has 0 aliphatic heterocycles. The highest BCUT2D eigenvalue weighted by atomic mass is 16.6. The number of nitro groups is 1. The number of carboxylic acids is 1. The first-order valence-electron chi connectivity index (χ1n) is 5.85. The fraction of sp³-hybridized carbons (Fsp3) is 0.250. The van der Waals surface area contributed by atoms with Gasteiger partial charge in [0.25, 0.3) is 5.69 Å². The Labute approximate surface area is 113 Å². The summed E-state index contributed by atoms with van der Waals surface area (Å²) in [5.41, 5.74) is 0.484. The summed E-state index contributed by atoms with van der Waals surface area (Å²) in [4.78, 5) is 29.1. The van der Waals surface area contributed by atoms with Crippen LogP contribution >= 0.6 is 0 Å². The van der Waals surface area contributed by atoms with Crippen molar-refractivity contribution in [1.29, 1.82) is 0 Å². The molecule has 0 bridgehead atoms. The number of rotatable bonds is 5. The molecular weight excluding hydrogens is 264 g/mol. The zero-order valence-electron chi connectivity index (χ0n) is 10.6. The van der Waals surface area contributed by atoms with E-state index in [-0.39, 0.29) is 12.2 Å². The molecule has 8 heteroatoms. The van der Waals surface area contributed by atoms with E-state index in [1.807, 2.05) is 0 Å². The topological polar surface area (TPSA) is 118 Å². The molecular formula is C12H12N4O4. The van der Waals surface area contributed by atoms with Gasteiger partial charge in [-0.3, -0.25) is 14.9 Å². The summed E-state index contributed by atoms with van der Waals surface area (Å²) in [6.07, 6.45) is 1.32. The van der Waals surface area contributed by atoms with Crippen LogP contribution in [0.2, 0.25) is 0 Å². The van der Waals surface area contributed by atoms with Crippen LogP contribution in [0.4, 0.5) is 11.5 Å².